The third-order valence-electron chi connectivity index (χ3n) is 4.00. The smallest absolute Gasteiger partial charge is 0.399 e. The zero-order valence-corrected chi connectivity index (χ0v) is 13.4. The topological polar surface area (TPSA) is 43.4 Å². The molecule has 0 amide bonds. The van der Waals surface area contributed by atoms with Gasteiger partial charge in [0.15, 0.2) is 0 Å². The van der Waals surface area contributed by atoms with Gasteiger partial charge in [-0.25, -0.2) is 0 Å². The minimum atomic E-state index is -0.353. The molecule has 0 aromatic carbocycles. The van der Waals surface area contributed by atoms with Gasteiger partial charge in [-0.3, -0.25) is 4.98 Å². The van der Waals surface area contributed by atoms with Crippen molar-refractivity contribution >= 4 is 18.3 Å². The van der Waals surface area contributed by atoms with Gasteiger partial charge in [0.05, 0.1) is 16.9 Å². The van der Waals surface area contributed by atoms with Gasteiger partial charge in [0.2, 0.25) is 0 Å². The molecule has 1 aromatic rings. The fourth-order valence-electron chi connectivity index (χ4n) is 1.98. The molecule has 0 atom stereocenters. The number of anilines is 1. The Kier molecular flexibility index (Phi) is 4.12. The molecule has 0 bridgehead atoms. The summed E-state index contributed by atoms with van der Waals surface area (Å²) in [5.41, 5.74) is 1.32. The number of nitrogens with one attached hydrogen (secondary N) is 1. The molecule has 2 rings (SSSR count). The Morgan fingerprint density at radius 1 is 1.15 bits per heavy atom. The first-order valence-electron chi connectivity index (χ1n) is 7.26. The molecule has 0 radical (unpaired) electrons. The lowest BCUT2D eigenvalue weighted by molar-refractivity contribution is 0.00578. The quantitative estimate of drug-likeness (QED) is 0.858. The van der Waals surface area contributed by atoms with Crippen molar-refractivity contribution in [1.29, 1.82) is 0 Å². The van der Waals surface area contributed by atoms with Crippen LogP contribution in [0.3, 0.4) is 0 Å². The maximum atomic E-state index is 6.04. The van der Waals surface area contributed by atoms with Gasteiger partial charge in [0.25, 0.3) is 0 Å². The second-order valence-corrected chi connectivity index (χ2v) is 6.87. The van der Waals surface area contributed by atoms with Crippen LogP contribution in [0.5, 0.6) is 0 Å². The SMILES string of the molecule is CC(C)CNc1cncc(B2OC(C)(C)C(C)(C)O2)c1. The van der Waals surface area contributed by atoms with E-state index in [1.807, 2.05) is 12.4 Å². The Labute approximate surface area is 122 Å². The van der Waals surface area contributed by atoms with E-state index in [0.29, 0.717) is 5.92 Å². The molecular formula is C15H25BN2O2. The zero-order valence-electron chi connectivity index (χ0n) is 13.4. The summed E-state index contributed by atoms with van der Waals surface area (Å²) in [7, 11) is -0.353. The van der Waals surface area contributed by atoms with Gasteiger partial charge in [-0.05, 0) is 39.7 Å². The van der Waals surface area contributed by atoms with Gasteiger partial charge in [0.1, 0.15) is 0 Å². The van der Waals surface area contributed by atoms with Crippen LogP contribution in [0.1, 0.15) is 41.5 Å². The van der Waals surface area contributed by atoms with E-state index in [4.69, 9.17) is 9.31 Å². The molecule has 1 aromatic heterocycles. The van der Waals surface area contributed by atoms with E-state index in [9.17, 15) is 0 Å². The van der Waals surface area contributed by atoms with E-state index in [1.165, 1.54) is 0 Å². The van der Waals surface area contributed by atoms with Gasteiger partial charge in [-0.2, -0.15) is 0 Å². The number of pyridine rings is 1. The summed E-state index contributed by atoms with van der Waals surface area (Å²) in [5, 5.41) is 3.38. The van der Waals surface area contributed by atoms with Crippen LogP contribution >= 0.6 is 0 Å². The Morgan fingerprint density at radius 3 is 2.30 bits per heavy atom. The molecule has 1 saturated heterocycles. The Hall–Kier alpha value is -1.07. The first kappa shape index (κ1) is 15.3. The lowest BCUT2D eigenvalue weighted by Crippen LogP contribution is -2.41. The molecule has 0 spiro atoms. The summed E-state index contributed by atoms with van der Waals surface area (Å²) in [6.45, 7) is 13.5. The number of aromatic nitrogens is 1. The number of rotatable bonds is 4. The van der Waals surface area contributed by atoms with E-state index in [-0.39, 0.29) is 18.3 Å². The Balaban J connectivity index is 2.12. The van der Waals surface area contributed by atoms with E-state index in [1.54, 1.807) is 0 Å². The van der Waals surface area contributed by atoms with Crippen LogP contribution in [0.2, 0.25) is 0 Å². The second-order valence-electron chi connectivity index (χ2n) is 6.87. The third-order valence-corrected chi connectivity index (χ3v) is 4.00. The van der Waals surface area contributed by atoms with Gasteiger partial charge < -0.3 is 14.6 Å². The largest absolute Gasteiger partial charge is 0.496 e. The van der Waals surface area contributed by atoms with Crippen LogP contribution in [0.15, 0.2) is 18.5 Å². The van der Waals surface area contributed by atoms with Gasteiger partial charge in [-0.15, -0.1) is 0 Å². The molecule has 1 N–H and O–H groups in total. The molecule has 4 nitrogen and oxygen atoms in total. The van der Waals surface area contributed by atoms with Crippen LogP contribution in [0, 0.1) is 5.92 Å². The van der Waals surface area contributed by atoms with Crippen molar-refractivity contribution in [2.75, 3.05) is 11.9 Å². The van der Waals surface area contributed by atoms with Crippen molar-refractivity contribution in [3.8, 4) is 0 Å². The Bertz CT molecular complexity index is 459. The van der Waals surface area contributed by atoms with Crippen LogP contribution < -0.4 is 10.8 Å². The number of hydrogen-bond donors (Lipinski definition) is 1. The zero-order chi connectivity index (χ0) is 15.0. The molecule has 110 valence electrons. The van der Waals surface area contributed by atoms with Crippen molar-refractivity contribution in [3.05, 3.63) is 18.5 Å². The van der Waals surface area contributed by atoms with E-state index in [2.05, 4.69) is 57.9 Å². The van der Waals surface area contributed by atoms with Crippen LogP contribution in [0.25, 0.3) is 0 Å². The molecule has 1 aliphatic rings. The van der Waals surface area contributed by atoms with E-state index < -0.39 is 0 Å². The van der Waals surface area contributed by atoms with Gasteiger partial charge in [-0.1, -0.05) is 13.8 Å². The molecule has 0 saturated carbocycles. The second kappa shape index (κ2) is 5.37. The summed E-state index contributed by atoms with van der Waals surface area (Å²) in [6, 6.07) is 2.05. The molecule has 2 heterocycles. The molecule has 0 aliphatic carbocycles. The predicted octanol–water partition coefficient (Wildman–Crippen LogP) is 2.45. The van der Waals surface area contributed by atoms with Crippen LogP contribution in [0.4, 0.5) is 5.69 Å². The third kappa shape index (κ3) is 3.15. The summed E-state index contributed by atoms with van der Waals surface area (Å²) in [4.78, 5) is 4.28. The van der Waals surface area contributed by atoms with Crippen LogP contribution in [-0.2, 0) is 9.31 Å². The average molecular weight is 276 g/mol. The van der Waals surface area contributed by atoms with Crippen molar-refractivity contribution in [2.45, 2.75) is 52.7 Å². The van der Waals surface area contributed by atoms with Gasteiger partial charge >= 0.3 is 7.12 Å². The standard InChI is InChI=1S/C15H25BN2O2/c1-11(2)8-18-13-7-12(9-17-10-13)16-19-14(3,4)15(5,6)20-16/h7,9-11,18H,8H2,1-6H3. The first-order valence-corrected chi connectivity index (χ1v) is 7.26. The van der Waals surface area contributed by atoms with Crippen molar-refractivity contribution < 1.29 is 9.31 Å². The Morgan fingerprint density at radius 2 is 1.75 bits per heavy atom. The maximum Gasteiger partial charge on any atom is 0.496 e. The highest BCUT2D eigenvalue weighted by Crippen LogP contribution is 2.36. The molecule has 1 fully saturated rings. The van der Waals surface area contributed by atoms with Crippen molar-refractivity contribution in [1.82, 2.24) is 4.98 Å². The fourth-order valence-corrected chi connectivity index (χ4v) is 1.98. The molecule has 0 unspecified atom stereocenters. The highest BCUT2D eigenvalue weighted by Gasteiger charge is 2.51. The minimum Gasteiger partial charge on any atom is -0.399 e. The average Bonchev–Trinajstić information content (AvgIpc) is 2.56. The highest BCUT2D eigenvalue weighted by atomic mass is 16.7. The van der Waals surface area contributed by atoms with Crippen LogP contribution in [-0.4, -0.2) is 29.8 Å². The maximum absolute atomic E-state index is 6.04. The highest BCUT2D eigenvalue weighted by molar-refractivity contribution is 6.62. The monoisotopic (exact) mass is 276 g/mol. The lowest BCUT2D eigenvalue weighted by atomic mass is 9.80. The van der Waals surface area contributed by atoms with Crippen molar-refractivity contribution in [3.63, 3.8) is 0 Å². The summed E-state index contributed by atoms with van der Waals surface area (Å²) in [5.74, 6) is 0.593. The normalized spacial score (nSPS) is 20.4. The summed E-state index contributed by atoms with van der Waals surface area (Å²) < 4.78 is 12.1. The number of hydrogen-bond acceptors (Lipinski definition) is 4. The lowest BCUT2D eigenvalue weighted by Gasteiger charge is -2.32. The predicted molar refractivity (Wildman–Crippen MR) is 83.3 cm³/mol. The first-order chi connectivity index (χ1) is 9.21. The minimum absolute atomic E-state index is 0.320. The molecule has 1 aliphatic heterocycles. The summed E-state index contributed by atoms with van der Waals surface area (Å²) in [6.07, 6.45) is 3.64. The van der Waals surface area contributed by atoms with Crippen molar-refractivity contribution in [2.24, 2.45) is 5.92 Å². The van der Waals surface area contributed by atoms with E-state index >= 15 is 0 Å². The number of nitrogens with zero attached hydrogens (tertiary/aromatic N) is 1. The summed E-state index contributed by atoms with van der Waals surface area (Å²) >= 11 is 0. The van der Waals surface area contributed by atoms with Gasteiger partial charge in [0, 0.05) is 24.4 Å². The molecular weight excluding hydrogens is 251 g/mol. The fraction of sp³-hybridized carbons (Fsp3) is 0.667. The van der Waals surface area contributed by atoms with E-state index in [0.717, 1.165) is 17.7 Å². The molecule has 20 heavy (non-hydrogen) atoms. The molecule has 5 heteroatoms.